The van der Waals surface area contributed by atoms with Gasteiger partial charge in [0.2, 0.25) is 0 Å². The Hall–Kier alpha value is -1.41. The van der Waals surface area contributed by atoms with Crippen LogP contribution in [0.1, 0.15) is 49.4 Å². The van der Waals surface area contributed by atoms with Crippen LogP contribution in [0.3, 0.4) is 0 Å². The number of rotatable bonds is 3. The van der Waals surface area contributed by atoms with Gasteiger partial charge in [-0.3, -0.25) is 4.79 Å². The van der Waals surface area contributed by atoms with Gasteiger partial charge in [-0.15, -0.1) is 0 Å². The molecule has 0 saturated heterocycles. The quantitative estimate of drug-likeness (QED) is 0.886. The molecule has 2 rings (SSSR count). The largest absolute Gasteiger partial charge is 0.334 e. The van der Waals surface area contributed by atoms with Crippen molar-refractivity contribution in [2.24, 2.45) is 5.92 Å². The van der Waals surface area contributed by atoms with Crippen molar-refractivity contribution < 1.29 is 9.18 Å². The maximum atomic E-state index is 13.8. The van der Waals surface area contributed by atoms with Crippen molar-refractivity contribution in [2.45, 2.75) is 44.6 Å². The summed E-state index contributed by atoms with van der Waals surface area (Å²) in [6, 6.07) is 6.53. The third-order valence-corrected chi connectivity index (χ3v) is 4.77. The molecule has 0 atom stereocenters. The van der Waals surface area contributed by atoms with Crippen molar-refractivity contribution in [3.63, 3.8) is 0 Å². The van der Waals surface area contributed by atoms with E-state index in [4.69, 9.17) is 0 Å². The van der Waals surface area contributed by atoms with E-state index in [9.17, 15) is 14.4 Å². The average Bonchev–Trinajstić information content (AvgIpc) is 2.47. The minimum absolute atomic E-state index is 0.0227. The lowest BCUT2D eigenvalue weighted by molar-refractivity contribution is 0.0887. The Kier molecular flexibility index (Phi) is 5.00. The molecule has 3 nitrogen and oxygen atoms in total. The Morgan fingerprint density at radius 1 is 1.52 bits per heavy atom. The van der Waals surface area contributed by atoms with Gasteiger partial charge in [0.05, 0.1) is 11.6 Å². The van der Waals surface area contributed by atoms with E-state index in [-0.39, 0.29) is 5.56 Å². The Bertz CT molecular complexity index is 574. The summed E-state index contributed by atoms with van der Waals surface area (Å²) >= 11 is 3.16. The molecule has 1 aromatic carbocycles. The highest BCUT2D eigenvalue weighted by Gasteiger charge is 2.36. The zero-order valence-electron chi connectivity index (χ0n) is 12.0. The number of nitrogens with zero attached hydrogens (tertiary/aromatic N) is 1. The standard InChI is InChI=1S/C16H18BrFN2O/c1-2-11-5-7-16(10-19,8-6-11)20-15(21)13-4-3-12(17)9-14(13)18/h3-4,9,11H,2,5-8H2,1H3,(H,20,21). The van der Waals surface area contributed by atoms with Gasteiger partial charge in [-0.05, 0) is 49.8 Å². The summed E-state index contributed by atoms with van der Waals surface area (Å²) in [5.41, 5.74) is -0.882. The third-order valence-electron chi connectivity index (χ3n) is 4.28. The molecule has 0 heterocycles. The normalized spacial score (nSPS) is 25.1. The van der Waals surface area contributed by atoms with Crippen LogP contribution in [0.4, 0.5) is 4.39 Å². The van der Waals surface area contributed by atoms with E-state index in [2.05, 4.69) is 34.2 Å². The number of hydrogen-bond donors (Lipinski definition) is 1. The Morgan fingerprint density at radius 2 is 2.19 bits per heavy atom. The molecule has 0 aromatic heterocycles. The molecule has 1 N–H and O–H groups in total. The fourth-order valence-corrected chi connectivity index (χ4v) is 3.13. The van der Waals surface area contributed by atoms with Crippen molar-refractivity contribution >= 4 is 21.8 Å². The summed E-state index contributed by atoms with van der Waals surface area (Å²) in [4.78, 5) is 12.2. The molecular weight excluding hydrogens is 335 g/mol. The number of nitrogens with one attached hydrogen (secondary N) is 1. The highest BCUT2D eigenvalue weighted by molar-refractivity contribution is 9.10. The van der Waals surface area contributed by atoms with Crippen molar-refractivity contribution in [1.29, 1.82) is 5.26 Å². The summed E-state index contributed by atoms with van der Waals surface area (Å²) in [6.07, 6.45) is 4.20. The molecule has 21 heavy (non-hydrogen) atoms. The predicted octanol–water partition coefficient (Wildman–Crippen LogP) is 4.18. The maximum absolute atomic E-state index is 13.8. The highest BCUT2D eigenvalue weighted by atomic mass is 79.9. The number of nitriles is 1. The first kappa shape index (κ1) is 16.0. The second-order valence-electron chi connectivity index (χ2n) is 5.62. The second-order valence-corrected chi connectivity index (χ2v) is 6.54. The highest BCUT2D eigenvalue weighted by Crippen LogP contribution is 2.33. The average molecular weight is 353 g/mol. The van der Waals surface area contributed by atoms with Crippen LogP contribution in [-0.2, 0) is 0 Å². The van der Waals surface area contributed by atoms with E-state index in [1.807, 2.05) is 0 Å². The number of amides is 1. The zero-order chi connectivity index (χ0) is 15.5. The predicted molar refractivity (Wildman–Crippen MR) is 82.2 cm³/mol. The van der Waals surface area contributed by atoms with Crippen molar-refractivity contribution in [3.05, 3.63) is 34.1 Å². The summed E-state index contributed by atoms with van der Waals surface area (Å²) in [5, 5.41) is 12.2. The van der Waals surface area contributed by atoms with Gasteiger partial charge in [0, 0.05) is 4.47 Å². The molecule has 1 saturated carbocycles. The van der Waals surface area contributed by atoms with Crippen LogP contribution in [0.15, 0.2) is 22.7 Å². The topological polar surface area (TPSA) is 52.9 Å². The minimum Gasteiger partial charge on any atom is -0.334 e. The summed E-state index contributed by atoms with van der Waals surface area (Å²) in [6.45, 7) is 2.14. The van der Waals surface area contributed by atoms with Gasteiger partial charge in [-0.1, -0.05) is 29.3 Å². The summed E-state index contributed by atoms with van der Waals surface area (Å²) in [7, 11) is 0. The van der Waals surface area contributed by atoms with Crippen molar-refractivity contribution in [2.75, 3.05) is 0 Å². The first-order valence-corrected chi connectivity index (χ1v) is 7.98. The molecular formula is C16H18BrFN2O. The lowest BCUT2D eigenvalue weighted by atomic mass is 9.76. The molecule has 1 aliphatic carbocycles. The van der Waals surface area contributed by atoms with Gasteiger partial charge >= 0.3 is 0 Å². The smallest absolute Gasteiger partial charge is 0.255 e. The third kappa shape index (κ3) is 3.62. The minimum atomic E-state index is -0.859. The summed E-state index contributed by atoms with van der Waals surface area (Å²) in [5.74, 6) is -0.485. The Balaban J connectivity index is 2.12. The van der Waals surface area contributed by atoms with Crippen LogP contribution in [0.2, 0.25) is 0 Å². The van der Waals surface area contributed by atoms with Crippen LogP contribution in [0.25, 0.3) is 0 Å². The van der Waals surface area contributed by atoms with Gasteiger partial charge < -0.3 is 5.32 Å². The summed E-state index contributed by atoms with van der Waals surface area (Å²) < 4.78 is 14.4. The number of hydrogen-bond acceptors (Lipinski definition) is 2. The van der Waals surface area contributed by atoms with Crippen LogP contribution in [0.5, 0.6) is 0 Å². The fourth-order valence-electron chi connectivity index (χ4n) is 2.80. The molecule has 5 heteroatoms. The molecule has 1 aromatic rings. The number of benzene rings is 1. The molecule has 112 valence electrons. The zero-order valence-corrected chi connectivity index (χ0v) is 13.5. The van der Waals surface area contributed by atoms with E-state index in [0.29, 0.717) is 23.2 Å². The first-order chi connectivity index (χ1) is 9.99. The Labute approximate surface area is 132 Å². The molecule has 0 radical (unpaired) electrons. The number of halogens is 2. The van der Waals surface area contributed by atoms with Gasteiger partial charge in [-0.2, -0.15) is 5.26 Å². The van der Waals surface area contributed by atoms with Gasteiger partial charge in [0.1, 0.15) is 11.4 Å². The van der Waals surface area contributed by atoms with E-state index in [1.165, 1.54) is 12.1 Å². The SMILES string of the molecule is CCC1CCC(C#N)(NC(=O)c2ccc(Br)cc2F)CC1. The van der Waals surface area contributed by atoms with E-state index >= 15 is 0 Å². The van der Waals surface area contributed by atoms with Crippen LogP contribution >= 0.6 is 15.9 Å². The van der Waals surface area contributed by atoms with Crippen molar-refractivity contribution in [1.82, 2.24) is 5.32 Å². The van der Waals surface area contributed by atoms with Crippen molar-refractivity contribution in [3.8, 4) is 6.07 Å². The molecule has 0 bridgehead atoms. The van der Waals surface area contributed by atoms with Gasteiger partial charge in [0.25, 0.3) is 5.91 Å². The van der Waals surface area contributed by atoms with Crippen LogP contribution in [0, 0.1) is 23.1 Å². The molecule has 0 spiro atoms. The van der Waals surface area contributed by atoms with E-state index < -0.39 is 17.3 Å². The Morgan fingerprint density at radius 3 is 2.71 bits per heavy atom. The molecule has 1 amide bonds. The monoisotopic (exact) mass is 352 g/mol. The molecule has 1 aliphatic rings. The van der Waals surface area contributed by atoms with Gasteiger partial charge in [-0.25, -0.2) is 4.39 Å². The van der Waals surface area contributed by atoms with E-state index in [0.717, 1.165) is 19.3 Å². The number of carbonyl (C=O) groups excluding carboxylic acids is 1. The van der Waals surface area contributed by atoms with Crippen LogP contribution in [-0.4, -0.2) is 11.4 Å². The van der Waals surface area contributed by atoms with E-state index in [1.54, 1.807) is 6.07 Å². The lowest BCUT2D eigenvalue weighted by Gasteiger charge is -2.35. The lowest BCUT2D eigenvalue weighted by Crippen LogP contribution is -2.49. The van der Waals surface area contributed by atoms with Gasteiger partial charge in [0.15, 0.2) is 0 Å². The van der Waals surface area contributed by atoms with Crippen LogP contribution < -0.4 is 5.32 Å². The number of carbonyl (C=O) groups is 1. The molecule has 0 unspecified atom stereocenters. The second kappa shape index (κ2) is 6.57. The molecule has 1 fully saturated rings. The maximum Gasteiger partial charge on any atom is 0.255 e. The fraction of sp³-hybridized carbons (Fsp3) is 0.500. The first-order valence-electron chi connectivity index (χ1n) is 7.18. The molecule has 0 aliphatic heterocycles.